The van der Waals surface area contributed by atoms with Gasteiger partial charge < -0.3 is 23.8 Å². The zero-order valence-electron chi connectivity index (χ0n) is 16.2. The smallest absolute Gasteiger partial charge is 0.290 e. The summed E-state index contributed by atoms with van der Waals surface area (Å²) in [6.07, 6.45) is 3.93. The van der Waals surface area contributed by atoms with Crippen molar-refractivity contribution in [3.63, 3.8) is 0 Å². The van der Waals surface area contributed by atoms with E-state index in [0.29, 0.717) is 31.9 Å². The maximum Gasteiger partial charge on any atom is 0.290 e. The van der Waals surface area contributed by atoms with Crippen molar-refractivity contribution in [1.82, 2.24) is 19.4 Å². The predicted molar refractivity (Wildman–Crippen MR) is 101 cm³/mol. The van der Waals surface area contributed by atoms with Crippen LogP contribution in [-0.2, 0) is 16.5 Å². The third kappa shape index (κ3) is 3.88. The van der Waals surface area contributed by atoms with E-state index in [4.69, 9.17) is 9.47 Å². The first-order chi connectivity index (χ1) is 14.0. The van der Waals surface area contributed by atoms with Crippen LogP contribution in [0.2, 0.25) is 0 Å². The molecule has 2 fully saturated rings. The molecule has 4 rings (SSSR count). The van der Waals surface area contributed by atoms with Gasteiger partial charge >= 0.3 is 0 Å². The highest BCUT2D eigenvalue weighted by molar-refractivity contribution is 5.94. The number of imidazole rings is 1. The zero-order valence-corrected chi connectivity index (χ0v) is 16.2. The largest absolute Gasteiger partial charge is 0.347 e. The van der Waals surface area contributed by atoms with Gasteiger partial charge in [-0.25, -0.2) is 9.37 Å². The molecule has 0 N–H and O–H groups in total. The number of amides is 2. The first-order valence-electron chi connectivity index (χ1n) is 9.57. The molecule has 29 heavy (non-hydrogen) atoms. The van der Waals surface area contributed by atoms with Gasteiger partial charge in [-0.2, -0.15) is 0 Å². The number of hydrogen-bond donors (Lipinski definition) is 0. The van der Waals surface area contributed by atoms with E-state index >= 15 is 0 Å². The minimum atomic E-state index is -1.14. The maximum absolute atomic E-state index is 14.1. The minimum absolute atomic E-state index is 0.0131. The fraction of sp³-hybridized carbons (Fsp3) is 0.450. The number of nitrogens with zero attached hydrogens (tertiary/aromatic N) is 4. The summed E-state index contributed by atoms with van der Waals surface area (Å²) in [5.74, 6) is -2.01. The van der Waals surface area contributed by atoms with Gasteiger partial charge in [-0.05, 0) is 18.6 Å². The topological polar surface area (TPSA) is 76.9 Å². The summed E-state index contributed by atoms with van der Waals surface area (Å²) in [6, 6.07) is 5.90. The monoisotopic (exact) mass is 402 g/mol. The highest BCUT2D eigenvalue weighted by atomic mass is 19.1. The second-order valence-electron chi connectivity index (χ2n) is 7.26. The Hall–Kier alpha value is -2.78. The number of halogens is 1. The Morgan fingerprint density at radius 3 is 2.52 bits per heavy atom. The fourth-order valence-corrected chi connectivity index (χ4v) is 3.73. The van der Waals surface area contributed by atoms with E-state index in [1.807, 2.05) is 0 Å². The Bertz CT molecular complexity index is 917. The van der Waals surface area contributed by atoms with Gasteiger partial charge in [-0.15, -0.1) is 0 Å². The van der Waals surface area contributed by atoms with E-state index in [-0.39, 0.29) is 31.2 Å². The number of carbonyl (C=O) groups excluding carboxylic acids is 2. The molecule has 2 aliphatic rings. The molecule has 2 saturated heterocycles. The third-order valence-corrected chi connectivity index (χ3v) is 5.22. The van der Waals surface area contributed by atoms with E-state index in [1.54, 1.807) is 41.0 Å². The molecule has 1 atom stereocenters. The van der Waals surface area contributed by atoms with Crippen LogP contribution in [0.1, 0.15) is 27.4 Å². The number of benzene rings is 1. The molecule has 1 unspecified atom stereocenters. The SMILES string of the molecule is Cn1ccnc1C(=O)N1CCCOC2(CN(C(=O)c3ccccc3F)CCO2)C1. The van der Waals surface area contributed by atoms with Gasteiger partial charge in [0.15, 0.2) is 5.82 Å². The summed E-state index contributed by atoms with van der Waals surface area (Å²) in [4.78, 5) is 33.1. The third-order valence-electron chi connectivity index (χ3n) is 5.22. The van der Waals surface area contributed by atoms with Crippen molar-refractivity contribution in [3.05, 3.63) is 53.9 Å². The van der Waals surface area contributed by atoms with Crippen LogP contribution >= 0.6 is 0 Å². The summed E-state index contributed by atoms with van der Waals surface area (Å²) >= 11 is 0. The maximum atomic E-state index is 14.1. The molecule has 0 radical (unpaired) electrons. The van der Waals surface area contributed by atoms with Crippen LogP contribution in [0.25, 0.3) is 0 Å². The molecule has 9 heteroatoms. The van der Waals surface area contributed by atoms with Gasteiger partial charge in [0.25, 0.3) is 11.8 Å². The lowest BCUT2D eigenvalue weighted by Gasteiger charge is -2.43. The van der Waals surface area contributed by atoms with Crippen molar-refractivity contribution in [1.29, 1.82) is 0 Å². The average Bonchev–Trinajstić information content (AvgIpc) is 3.05. The molecule has 2 amide bonds. The fourth-order valence-electron chi connectivity index (χ4n) is 3.73. The Kier molecular flexibility index (Phi) is 5.33. The van der Waals surface area contributed by atoms with Gasteiger partial charge in [0.1, 0.15) is 5.82 Å². The standard InChI is InChI=1S/C20H23FN4O4/c1-23-9-7-22-17(23)19(27)24-8-4-11-28-20(13-24)14-25(10-12-29-20)18(26)15-5-2-3-6-16(15)21/h2-3,5-7,9H,4,8,10-14H2,1H3. The number of carbonyl (C=O) groups is 2. The molecule has 0 bridgehead atoms. The number of aryl methyl sites for hydroxylation is 1. The number of ether oxygens (including phenoxy) is 2. The van der Waals surface area contributed by atoms with E-state index < -0.39 is 17.5 Å². The lowest BCUT2D eigenvalue weighted by molar-refractivity contribution is -0.258. The lowest BCUT2D eigenvalue weighted by Crippen LogP contribution is -2.59. The first-order valence-corrected chi connectivity index (χ1v) is 9.57. The van der Waals surface area contributed by atoms with E-state index in [9.17, 15) is 14.0 Å². The molecular weight excluding hydrogens is 379 g/mol. The van der Waals surface area contributed by atoms with E-state index in [2.05, 4.69) is 4.98 Å². The molecule has 1 spiro atoms. The zero-order chi connectivity index (χ0) is 20.4. The molecule has 2 aromatic rings. The highest BCUT2D eigenvalue weighted by Gasteiger charge is 2.44. The van der Waals surface area contributed by atoms with Crippen molar-refractivity contribution >= 4 is 11.8 Å². The van der Waals surface area contributed by atoms with Crippen LogP contribution in [0.4, 0.5) is 4.39 Å². The first kappa shape index (κ1) is 19.5. The van der Waals surface area contributed by atoms with Gasteiger partial charge in [-0.3, -0.25) is 9.59 Å². The highest BCUT2D eigenvalue weighted by Crippen LogP contribution is 2.26. The van der Waals surface area contributed by atoms with Crippen molar-refractivity contribution in [2.45, 2.75) is 12.2 Å². The second kappa shape index (κ2) is 7.92. The van der Waals surface area contributed by atoms with Crippen molar-refractivity contribution < 1.29 is 23.5 Å². The van der Waals surface area contributed by atoms with Crippen molar-refractivity contribution in [3.8, 4) is 0 Å². The van der Waals surface area contributed by atoms with Crippen LogP contribution in [0.3, 0.4) is 0 Å². The number of morpholine rings is 1. The predicted octanol–water partition coefficient (Wildman–Crippen LogP) is 1.29. The Labute approximate surface area is 167 Å². The van der Waals surface area contributed by atoms with Crippen LogP contribution in [0.15, 0.2) is 36.7 Å². The molecule has 8 nitrogen and oxygen atoms in total. The second-order valence-corrected chi connectivity index (χ2v) is 7.26. The Morgan fingerprint density at radius 2 is 1.79 bits per heavy atom. The van der Waals surface area contributed by atoms with E-state index in [0.717, 1.165) is 0 Å². The molecular formula is C20H23FN4O4. The van der Waals surface area contributed by atoms with Gasteiger partial charge in [0, 0.05) is 32.5 Å². The van der Waals surface area contributed by atoms with Crippen LogP contribution < -0.4 is 0 Å². The molecule has 0 saturated carbocycles. The Morgan fingerprint density at radius 1 is 1.07 bits per heavy atom. The van der Waals surface area contributed by atoms with Gasteiger partial charge in [-0.1, -0.05) is 12.1 Å². The van der Waals surface area contributed by atoms with Crippen molar-refractivity contribution in [2.75, 3.05) is 39.4 Å². The lowest BCUT2D eigenvalue weighted by atomic mass is 10.1. The van der Waals surface area contributed by atoms with E-state index in [1.165, 1.54) is 17.0 Å². The Balaban J connectivity index is 1.54. The number of rotatable bonds is 2. The molecule has 3 heterocycles. The minimum Gasteiger partial charge on any atom is -0.347 e. The summed E-state index contributed by atoms with van der Waals surface area (Å²) in [6.45, 7) is 1.74. The normalized spacial score (nSPS) is 22.6. The average molecular weight is 402 g/mol. The molecule has 1 aromatic carbocycles. The molecule has 0 aliphatic carbocycles. The van der Waals surface area contributed by atoms with Gasteiger partial charge in [0.05, 0.1) is 31.9 Å². The summed E-state index contributed by atoms with van der Waals surface area (Å²) in [5, 5.41) is 0. The summed E-state index contributed by atoms with van der Waals surface area (Å²) in [7, 11) is 1.76. The quantitative estimate of drug-likeness (QED) is 0.757. The van der Waals surface area contributed by atoms with Crippen molar-refractivity contribution in [2.24, 2.45) is 7.05 Å². The molecule has 2 aliphatic heterocycles. The molecule has 1 aromatic heterocycles. The van der Waals surface area contributed by atoms with Crippen LogP contribution in [0.5, 0.6) is 0 Å². The summed E-state index contributed by atoms with van der Waals surface area (Å²) < 4.78 is 27.7. The van der Waals surface area contributed by atoms with Crippen LogP contribution in [0, 0.1) is 5.82 Å². The number of hydrogen-bond acceptors (Lipinski definition) is 5. The van der Waals surface area contributed by atoms with Gasteiger partial charge in [0.2, 0.25) is 5.79 Å². The molecule has 154 valence electrons. The number of aromatic nitrogens is 2. The summed E-state index contributed by atoms with van der Waals surface area (Å²) in [5.41, 5.74) is 0.0131. The van der Waals surface area contributed by atoms with Crippen LogP contribution in [-0.4, -0.2) is 76.3 Å².